The van der Waals surface area contributed by atoms with Crippen molar-refractivity contribution in [3.05, 3.63) is 12.2 Å². The maximum Gasteiger partial charge on any atom is 0.138 e. The van der Waals surface area contributed by atoms with E-state index < -0.39 is 0 Å². The zero-order valence-electron chi connectivity index (χ0n) is 8.72. The molecule has 0 aliphatic carbocycles. The summed E-state index contributed by atoms with van der Waals surface area (Å²) in [4.78, 5) is 4.24. The second-order valence-corrected chi connectivity index (χ2v) is 5.47. The maximum atomic E-state index is 4.24. The molecule has 0 saturated carbocycles. The lowest BCUT2D eigenvalue weighted by atomic mass is 10.1. The Balaban J connectivity index is 1.61. The van der Waals surface area contributed by atoms with Gasteiger partial charge >= 0.3 is 0 Å². The van der Waals surface area contributed by atoms with Crippen LogP contribution in [-0.4, -0.2) is 38.4 Å². The van der Waals surface area contributed by atoms with Crippen molar-refractivity contribution < 1.29 is 0 Å². The van der Waals surface area contributed by atoms with Crippen LogP contribution < -0.4 is 5.32 Å². The predicted molar refractivity (Wildman–Crippen MR) is 61.0 cm³/mol. The molecule has 0 aromatic carbocycles. The van der Waals surface area contributed by atoms with E-state index in [0.29, 0.717) is 6.04 Å². The van der Waals surface area contributed by atoms with E-state index in [0.717, 1.165) is 24.8 Å². The van der Waals surface area contributed by atoms with Crippen molar-refractivity contribution in [3.8, 4) is 0 Å². The molecule has 0 radical (unpaired) electrons. The van der Waals surface area contributed by atoms with E-state index in [2.05, 4.69) is 27.2 Å². The van der Waals surface area contributed by atoms with E-state index in [1.807, 2.05) is 4.68 Å². The number of aromatic nitrogens is 3. The van der Waals surface area contributed by atoms with Crippen LogP contribution in [0.3, 0.4) is 0 Å². The molecule has 3 heterocycles. The normalized spacial score (nSPS) is 30.4. The van der Waals surface area contributed by atoms with Crippen LogP contribution in [-0.2, 0) is 13.0 Å². The minimum absolute atomic E-state index is 0.600. The first-order valence-electron chi connectivity index (χ1n) is 5.62. The molecule has 2 aliphatic heterocycles. The van der Waals surface area contributed by atoms with Crippen LogP contribution in [0.5, 0.6) is 0 Å². The standard InChI is InChI=1S/C10H16N4S/c1-2-10-11-7-12-14(10)5-8(1)13-9-3-4-15-6-9/h7-9,13H,1-6H2. The van der Waals surface area contributed by atoms with Crippen LogP contribution in [0.4, 0.5) is 0 Å². The average molecular weight is 224 g/mol. The lowest BCUT2D eigenvalue weighted by Gasteiger charge is -2.26. The molecule has 0 amide bonds. The van der Waals surface area contributed by atoms with Crippen molar-refractivity contribution in [2.75, 3.05) is 11.5 Å². The highest BCUT2D eigenvalue weighted by molar-refractivity contribution is 7.99. The Morgan fingerprint density at radius 1 is 1.40 bits per heavy atom. The smallest absolute Gasteiger partial charge is 0.138 e. The summed E-state index contributed by atoms with van der Waals surface area (Å²) >= 11 is 2.06. The van der Waals surface area contributed by atoms with Gasteiger partial charge in [0.15, 0.2) is 0 Å². The highest BCUT2D eigenvalue weighted by Crippen LogP contribution is 2.19. The first-order valence-corrected chi connectivity index (χ1v) is 6.78. The third-order valence-corrected chi connectivity index (χ3v) is 4.37. The fourth-order valence-corrected chi connectivity index (χ4v) is 3.54. The number of fused-ring (bicyclic) bond motifs is 1. The van der Waals surface area contributed by atoms with Gasteiger partial charge in [-0.2, -0.15) is 16.9 Å². The molecular weight excluding hydrogens is 208 g/mol. The zero-order chi connectivity index (χ0) is 10.1. The molecule has 0 bridgehead atoms. The molecule has 1 aromatic heterocycles. The van der Waals surface area contributed by atoms with Crippen LogP contribution >= 0.6 is 11.8 Å². The van der Waals surface area contributed by atoms with Crippen LogP contribution in [0.1, 0.15) is 18.7 Å². The van der Waals surface area contributed by atoms with Crippen molar-refractivity contribution in [2.24, 2.45) is 0 Å². The molecule has 82 valence electrons. The van der Waals surface area contributed by atoms with Crippen molar-refractivity contribution in [3.63, 3.8) is 0 Å². The highest BCUT2D eigenvalue weighted by Gasteiger charge is 2.23. The van der Waals surface area contributed by atoms with Gasteiger partial charge < -0.3 is 5.32 Å². The van der Waals surface area contributed by atoms with Gasteiger partial charge in [0.05, 0.1) is 6.54 Å². The lowest BCUT2D eigenvalue weighted by Crippen LogP contribution is -2.43. The van der Waals surface area contributed by atoms with E-state index in [4.69, 9.17) is 0 Å². The number of rotatable bonds is 2. The van der Waals surface area contributed by atoms with Gasteiger partial charge in [-0.1, -0.05) is 0 Å². The molecule has 1 N–H and O–H groups in total. The number of nitrogens with one attached hydrogen (secondary N) is 1. The molecule has 1 aromatic rings. The van der Waals surface area contributed by atoms with E-state index in [1.165, 1.54) is 24.3 Å². The molecule has 2 atom stereocenters. The molecule has 15 heavy (non-hydrogen) atoms. The van der Waals surface area contributed by atoms with Gasteiger partial charge in [-0.3, -0.25) is 0 Å². The van der Waals surface area contributed by atoms with E-state index in [9.17, 15) is 0 Å². The van der Waals surface area contributed by atoms with Crippen LogP contribution in [0.2, 0.25) is 0 Å². The monoisotopic (exact) mass is 224 g/mol. The summed E-state index contributed by atoms with van der Waals surface area (Å²) < 4.78 is 2.04. The van der Waals surface area contributed by atoms with E-state index >= 15 is 0 Å². The Hall–Kier alpha value is -0.550. The number of thioether (sulfide) groups is 1. The van der Waals surface area contributed by atoms with E-state index in [-0.39, 0.29) is 0 Å². The summed E-state index contributed by atoms with van der Waals surface area (Å²) in [6.07, 6.45) is 5.27. The SMILES string of the molecule is c1nc2n(n1)CC(NC1CCSC1)CC2. The van der Waals surface area contributed by atoms with Crippen LogP contribution in [0, 0.1) is 0 Å². The molecule has 1 fully saturated rings. The Morgan fingerprint density at radius 2 is 2.40 bits per heavy atom. The summed E-state index contributed by atoms with van der Waals surface area (Å²) in [5.41, 5.74) is 0. The first-order chi connectivity index (χ1) is 7.42. The second kappa shape index (κ2) is 4.14. The average Bonchev–Trinajstić information content (AvgIpc) is 2.87. The van der Waals surface area contributed by atoms with Crippen molar-refractivity contribution in [1.82, 2.24) is 20.1 Å². The predicted octanol–water partition coefficient (Wildman–Crippen LogP) is 0.688. The Bertz CT molecular complexity index is 332. The molecule has 0 spiro atoms. The number of nitrogens with zero attached hydrogens (tertiary/aromatic N) is 3. The highest BCUT2D eigenvalue weighted by atomic mass is 32.2. The fourth-order valence-electron chi connectivity index (χ4n) is 2.37. The summed E-state index contributed by atoms with van der Waals surface area (Å²) in [6, 6.07) is 1.33. The van der Waals surface area contributed by atoms with Crippen LogP contribution in [0.15, 0.2) is 6.33 Å². The zero-order valence-corrected chi connectivity index (χ0v) is 9.54. The summed E-state index contributed by atoms with van der Waals surface area (Å²) in [7, 11) is 0. The van der Waals surface area contributed by atoms with Gasteiger partial charge in [0.2, 0.25) is 0 Å². The topological polar surface area (TPSA) is 42.7 Å². The van der Waals surface area contributed by atoms with Gasteiger partial charge in [0.1, 0.15) is 12.2 Å². The summed E-state index contributed by atoms with van der Waals surface area (Å²) in [5.74, 6) is 3.74. The maximum absolute atomic E-state index is 4.24. The Morgan fingerprint density at radius 3 is 3.27 bits per heavy atom. The molecule has 2 unspecified atom stereocenters. The van der Waals surface area contributed by atoms with Crippen molar-refractivity contribution in [1.29, 1.82) is 0 Å². The van der Waals surface area contributed by atoms with E-state index in [1.54, 1.807) is 6.33 Å². The third kappa shape index (κ3) is 2.03. The summed E-state index contributed by atoms with van der Waals surface area (Å²) in [5, 5.41) is 7.98. The van der Waals surface area contributed by atoms with Crippen molar-refractivity contribution in [2.45, 2.75) is 37.9 Å². The number of aryl methyl sites for hydroxylation is 1. The second-order valence-electron chi connectivity index (χ2n) is 4.32. The number of hydrogen-bond donors (Lipinski definition) is 1. The molecule has 3 rings (SSSR count). The quantitative estimate of drug-likeness (QED) is 0.802. The first kappa shape index (κ1) is 9.66. The van der Waals surface area contributed by atoms with Gasteiger partial charge in [-0.05, 0) is 18.6 Å². The molecule has 4 nitrogen and oxygen atoms in total. The minimum Gasteiger partial charge on any atom is -0.309 e. The van der Waals surface area contributed by atoms with Gasteiger partial charge in [0.25, 0.3) is 0 Å². The van der Waals surface area contributed by atoms with Gasteiger partial charge in [-0.25, -0.2) is 9.67 Å². The minimum atomic E-state index is 0.600. The van der Waals surface area contributed by atoms with Gasteiger partial charge in [0, 0.05) is 24.3 Å². The molecule has 2 aliphatic rings. The van der Waals surface area contributed by atoms with Crippen molar-refractivity contribution >= 4 is 11.8 Å². The lowest BCUT2D eigenvalue weighted by molar-refractivity contribution is 0.334. The largest absolute Gasteiger partial charge is 0.309 e. The third-order valence-electron chi connectivity index (χ3n) is 3.21. The number of hydrogen-bond acceptors (Lipinski definition) is 4. The summed E-state index contributed by atoms with van der Waals surface area (Å²) in [6.45, 7) is 0.997. The van der Waals surface area contributed by atoms with Crippen LogP contribution in [0.25, 0.3) is 0 Å². The molecule has 5 heteroatoms. The fraction of sp³-hybridized carbons (Fsp3) is 0.800. The molecular formula is C10H16N4S. The molecule has 1 saturated heterocycles. The Kier molecular flexibility index (Phi) is 2.66. The Labute approximate surface area is 93.8 Å². The van der Waals surface area contributed by atoms with Gasteiger partial charge in [-0.15, -0.1) is 0 Å².